The molecule has 0 rings (SSSR count). The number of allylic oxidation sites excluding steroid dienone is 2. The number of amides is 2. The summed E-state index contributed by atoms with van der Waals surface area (Å²) >= 11 is 0. The molecule has 0 radical (unpaired) electrons. The Labute approximate surface area is 287 Å². The van der Waals surface area contributed by atoms with Crippen molar-refractivity contribution >= 4 is 11.8 Å². The monoisotopic (exact) mass is 645 g/mol. The van der Waals surface area contributed by atoms with Crippen LogP contribution < -0.4 is 11.5 Å². The lowest BCUT2D eigenvalue weighted by Gasteiger charge is -2.05. The molecule has 0 heterocycles. The minimum Gasteiger partial charge on any atom is -0.366 e. The highest BCUT2D eigenvalue weighted by Gasteiger charge is 1.98. The fraction of sp³-hybridized carbons (Fsp3) is 0.857. The van der Waals surface area contributed by atoms with Gasteiger partial charge in [-0.3, -0.25) is 9.59 Å². The van der Waals surface area contributed by atoms with Gasteiger partial charge in [-0.15, -0.1) is 0 Å². The first-order valence-corrected chi connectivity index (χ1v) is 20.5. The lowest BCUT2D eigenvalue weighted by atomic mass is 10.0. The van der Waals surface area contributed by atoms with E-state index in [9.17, 15) is 9.59 Å². The van der Waals surface area contributed by atoms with Crippen LogP contribution in [0.4, 0.5) is 0 Å². The van der Waals surface area contributed by atoms with Gasteiger partial charge in [0.15, 0.2) is 0 Å². The Balaban J connectivity index is 3.08. The first kappa shape index (κ1) is 44.4. The molecular weight excluding hydrogens is 564 g/mol. The van der Waals surface area contributed by atoms with E-state index in [1.54, 1.807) is 0 Å². The molecule has 46 heavy (non-hydrogen) atoms. The largest absolute Gasteiger partial charge is 0.366 e. The summed E-state index contributed by atoms with van der Waals surface area (Å²) < 4.78 is 0. The summed E-state index contributed by atoms with van der Waals surface area (Å²) in [7, 11) is 0. The minimum atomic E-state index is -0.332. The van der Waals surface area contributed by atoms with Crippen LogP contribution in [-0.2, 0) is 9.59 Å². The normalized spacial score (nSPS) is 11.7. The Bertz CT molecular complexity index is 629. The molecule has 0 bridgehead atoms. The Morgan fingerprint density at radius 3 is 0.522 bits per heavy atom. The van der Waals surface area contributed by atoms with Crippen molar-refractivity contribution in [2.75, 3.05) is 0 Å². The second kappa shape index (κ2) is 39.6. The Morgan fingerprint density at radius 1 is 0.261 bits per heavy atom. The molecule has 0 aromatic heterocycles. The molecule has 0 spiro atoms. The van der Waals surface area contributed by atoms with Gasteiger partial charge in [0.1, 0.15) is 0 Å². The first-order valence-electron chi connectivity index (χ1n) is 20.5. The topological polar surface area (TPSA) is 86.2 Å². The van der Waals surface area contributed by atoms with Crippen molar-refractivity contribution in [1.29, 1.82) is 0 Å². The van der Waals surface area contributed by atoms with Crippen LogP contribution in [0, 0.1) is 0 Å². The van der Waals surface area contributed by atoms with Crippen molar-refractivity contribution < 1.29 is 9.59 Å². The molecule has 0 atom stereocenters. The van der Waals surface area contributed by atoms with Gasteiger partial charge in [-0.05, 0) is 37.8 Å². The van der Waals surface area contributed by atoms with Crippen LogP contribution in [0.3, 0.4) is 0 Å². The van der Waals surface area contributed by atoms with E-state index in [1.165, 1.54) is 230 Å². The van der Waals surface area contributed by atoms with Crippen LogP contribution in [0.25, 0.3) is 0 Å². The molecule has 4 nitrogen and oxygen atoms in total. The van der Waals surface area contributed by atoms with E-state index in [0.717, 1.165) is 12.8 Å². The van der Waals surface area contributed by atoms with Gasteiger partial charge in [-0.25, -0.2) is 0 Å². The maximum absolute atomic E-state index is 10.6. The van der Waals surface area contributed by atoms with Crippen LogP contribution in [0.1, 0.15) is 231 Å². The molecule has 0 aliphatic rings. The minimum absolute atomic E-state index is 0.332. The van der Waals surface area contributed by atoms with E-state index in [0.29, 0.717) is 0 Å². The standard InChI is InChI=1S/C42H80N2O2/c43-41(45)39-37-35-33-31-29-27-25-23-21-19-17-15-13-11-9-7-5-3-1-2-4-6-8-10-12-14-16-18-20-22-24-26-28-30-32-34-36-38-40-42(44)46/h37-40H,1-36H2,(H2,43,45)(H2,44,46). The number of nitrogens with two attached hydrogens (primary N) is 2. The maximum atomic E-state index is 10.6. The van der Waals surface area contributed by atoms with Crippen LogP contribution >= 0.6 is 0 Å². The molecule has 0 aromatic carbocycles. The molecule has 0 aliphatic carbocycles. The molecular formula is C42H80N2O2. The van der Waals surface area contributed by atoms with Crippen molar-refractivity contribution in [1.82, 2.24) is 0 Å². The zero-order valence-electron chi connectivity index (χ0n) is 30.7. The van der Waals surface area contributed by atoms with Crippen molar-refractivity contribution in [3.05, 3.63) is 24.3 Å². The molecule has 4 heteroatoms. The highest BCUT2D eigenvalue weighted by Crippen LogP contribution is 2.17. The Kier molecular flexibility index (Phi) is 38.2. The summed E-state index contributed by atoms with van der Waals surface area (Å²) in [5.41, 5.74) is 10.2. The molecule has 0 fully saturated rings. The smallest absolute Gasteiger partial charge is 0.241 e. The van der Waals surface area contributed by atoms with Gasteiger partial charge in [0, 0.05) is 0 Å². The molecule has 0 aromatic rings. The van der Waals surface area contributed by atoms with Gasteiger partial charge in [0.2, 0.25) is 11.8 Å². The number of unbranched alkanes of at least 4 members (excludes halogenated alkanes) is 35. The van der Waals surface area contributed by atoms with Gasteiger partial charge < -0.3 is 11.5 Å². The van der Waals surface area contributed by atoms with E-state index in [1.807, 2.05) is 12.2 Å². The third-order valence-corrected chi connectivity index (χ3v) is 9.56. The summed E-state index contributed by atoms with van der Waals surface area (Å²) in [4.78, 5) is 21.3. The van der Waals surface area contributed by atoms with E-state index in [4.69, 9.17) is 11.5 Å². The molecule has 0 aliphatic heterocycles. The molecule has 0 saturated carbocycles. The predicted octanol–water partition coefficient (Wildman–Crippen LogP) is 13.1. The third kappa shape index (κ3) is 42.4. The van der Waals surface area contributed by atoms with Crippen molar-refractivity contribution in [2.24, 2.45) is 11.5 Å². The van der Waals surface area contributed by atoms with Gasteiger partial charge >= 0.3 is 0 Å². The van der Waals surface area contributed by atoms with Gasteiger partial charge in [0.25, 0.3) is 0 Å². The summed E-state index contributed by atoms with van der Waals surface area (Å²) in [6.07, 6.45) is 56.6. The maximum Gasteiger partial charge on any atom is 0.241 e. The summed E-state index contributed by atoms with van der Waals surface area (Å²) in [5.74, 6) is -0.664. The van der Waals surface area contributed by atoms with E-state index < -0.39 is 0 Å². The zero-order chi connectivity index (χ0) is 33.4. The number of primary amides is 2. The second-order valence-corrected chi connectivity index (χ2v) is 14.2. The Hall–Kier alpha value is -1.58. The number of rotatable bonds is 39. The van der Waals surface area contributed by atoms with E-state index in [-0.39, 0.29) is 11.8 Å². The quantitative estimate of drug-likeness (QED) is 0.0515. The second-order valence-electron chi connectivity index (χ2n) is 14.2. The first-order chi connectivity index (χ1) is 22.6. The third-order valence-electron chi connectivity index (χ3n) is 9.56. The molecule has 0 saturated heterocycles. The van der Waals surface area contributed by atoms with Crippen LogP contribution in [0.5, 0.6) is 0 Å². The zero-order valence-corrected chi connectivity index (χ0v) is 30.7. The summed E-state index contributed by atoms with van der Waals surface area (Å²) in [6.45, 7) is 0. The van der Waals surface area contributed by atoms with Gasteiger partial charge in [0.05, 0.1) is 0 Å². The SMILES string of the molecule is NC(=O)C=CCCCCCCCCCCCCCCCCCCCCCCCCCCCCCCCCCCCCC=CC(N)=O. The number of hydrogen-bond donors (Lipinski definition) is 2. The average molecular weight is 645 g/mol. The van der Waals surface area contributed by atoms with Crippen molar-refractivity contribution in [3.8, 4) is 0 Å². The van der Waals surface area contributed by atoms with Crippen molar-refractivity contribution in [2.45, 2.75) is 231 Å². The van der Waals surface area contributed by atoms with Gasteiger partial charge in [-0.1, -0.05) is 218 Å². The highest BCUT2D eigenvalue weighted by atomic mass is 16.1. The number of carbonyl (C=O) groups is 2. The molecule has 4 N–H and O–H groups in total. The lowest BCUT2D eigenvalue weighted by molar-refractivity contribution is -0.114. The van der Waals surface area contributed by atoms with Crippen LogP contribution in [0.2, 0.25) is 0 Å². The molecule has 270 valence electrons. The molecule has 2 amide bonds. The Morgan fingerprint density at radius 2 is 0.391 bits per heavy atom. The molecule has 0 unspecified atom stereocenters. The average Bonchev–Trinajstić information content (AvgIpc) is 3.03. The van der Waals surface area contributed by atoms with Crippen LogP contribution in [-0.4, -0.2) is 11.8 Å². The number of hydrogen-bond acceptors (Lipinski definition) is 2. The number of carbonyl (C=O) groups excluding carboxylic acids is 2. The van der Waals surface area contributed by atoms with E-state index in [2.05, 4.69) is 0 Å². The van der Waals surface area contributed by atoms with Gasteiger partial charge in [-0.2, -0.15) is 0 Å². The lowest BCUT2D eigenvalue weighted by Crippen LogP contribution is -2.05. The highest BCUT2D eigenvalue weighted by molar-refractivity contribution is 5.85. The van der Waals surface area contributed by atoms with E-state index >= 15 is 0 Å². The predicted molar refractivity (Wildman–Crippen MR) is 203 cm³/mol. The fourth-order valence-corrected chi connectivity index (χ4v) is 6.58. The summed E-state index contributed by atoms with van der Waals surface area (Å²) in [6, 6.07) is 0. The summed E-state index contributed by atoms with van der Waals surface area (Å²) in [5, 5.41) is 0. The van der Waals surface area contributed by atoms with Crippen molar-refractivity contribution in [3.63, 3.8) is 0 Å². The fourth-order valence-electron chi connectivity index (χ4n) is 6.58. The van der Waals surface area contributed by atoms with Crippen LogP contribution in [0.15, 0.2) is 24.3 Å².